The Kier molecular flexibility index (Phi) is 13.4. The second kappa shape index (κ2) is 17.8. The van der Waals surface area contributed by atoms with E-state index in [9.17, 15) is 9.00 Å². The summed E-state index contributed by atoms with van der Waals surface area (Å²) in [5, 5.41) is 0.589. The fourth-order valence-corrected chi connectivity index (χ4v) is 9.64. The molecule has 1 spiro atoms. The second-order valence-electron chi connectivity index (χ2n) is 15.8. The molecule has 0 aromatic heterocycles. The number of likely N-dealkylation sites (N-methyl/N-ethyl adjacent to an activating group) is 1. The number of hydrogen-bond donors (Lipinski definition) is 1. The Morgan fingerprint density at radius 3 is 2.65 bits per heavy atom. The van der Waals surface area contributed by atoms with Crippen LogP contribution in [0.1, 0.15) is 67.4 Å². The van der Waals surface area contributed by atoms with Crippen LogP contribution in [0.2, 0.25) is 5.02 Å². The molecule has 2 aromatic rings. The van der Waals surface area contributed by atoms with Gasteiger partial charge in [0.1, 0.15) is 16.7 Å². The quantitative estimate of drug-likeness (QED) is 0.375. The van der Waals surface area contributed by atoms with Crippen molar-refractivity contribution in [3.05, 3.63) is 70.3 Å². The number of hydrogen-bond acceptors (Lipinski definition) is 8. The predicted molar refractivity (Wildman–Crippen MR) is 211 cm³/mol. The zero-order valence-corrected chi connectivity index (χ0v) is 33.4. The molecule has 1 saturated carbocycles. The van der Waals surface area contributed by atoms with E-state index in [1.54, 1.807) is 13.2 Å². The Morgan fingerprint density at radius 2 is 1.92 bits per heavy atom. The largest absolute Gasteiger partial charge is 0.490 e. The number of morpholine rings is 1. The Bertz CT molecular complexity index is 1580. The van der Waals surface area contributed by atoms with Crippen LogP contribution in [0.4, 0.5) is 5.69 Å². The monoisotopic (exact) mass is 754 g/mol. The Morgan fingerprint density at radius 1 is 1.12 bits per heavy atom. The van der Waals surface area contributed by atoms with Gasteiger partial charge in [-0.25, -0.2) is 4.21 Å². The average molecular weight is 755 g/mol. The van der Waals surface area contributed by atoms with Crippen LogP contribution >= 0.6 is 11.6 Å². The van der Waals surface area contributed by atoms with E-state index in [1.165, 1.54) is 17.7 Å². The molecule has 11 heteroatoms. The summed E-state index contributed by atoms with van der Waals surface area (Å²) in [6.45, 7) is 12.6. The molecule has 2 aromatic carbocycles. The minimum absolute atomic E-state index is 0.0508. The van der Waals surface area contributed by atoms with Gasteiger partial charge in [0.05, 0.1) is 36.9 Å². The Labute approximate surface area is 319 Å². The molecule has 5 aliphatic rings. The number of fused-ring (bicyclic) bond motifs is 4. The number of carbonyl (C=O) groups excluding carboxylic acids is 1. The maximum atomic E-state index is 13.3. The van der Waals surface area contributed by atoms with Crippen LogP contribution in [0.3, 0.4) is 0 Å². The number of carbonyl (C=O) groups is 1. The van der Waals surface area contributed by atoms with E-state index >= 15 is 0 Å². The minimum atomic E-state index is -1.50. The van der Waals surface area contributed by atoms with Crippen LogP contribution in [-0.4, -0.2) is 112 Å². The van der Waals surface area contributed by atoms with Crippen molar-refractivity contribution in [1.82, 2.24) is 14.5 Å². The summed E-state index contributed by atoms with van der Waals surface area (Å²) in [7, 11) is 4.53. The summed E-state index contributed by atoms with van der Waals surface area (Å²) in [4.78, 5) is 20.5. The Balaban J connectivity index is 0.000000362. The molecule has 3 heterocycles. The van der Waals surface area contributed by atoms with Crippen molar-refractivity contribution < 1.29 is 23.2 Å². The number of amides is 1. The molecule has 1 saturated heterocycles. The van der Waals surface area contributed by atoms with Crippen molar-refractivity contribution in [3.8, 4) is 5.75 Å². The fourth-order valence-electron chi connectivity index (χ4n) is 8.43. The van der Waals surface area contributed by atoms with E-state index in [0.717, 1.165) is 101 Å². The lowest BCUT2D eigenvalue weighted by Crippen LogP contribution is -2.49. The predicted octanol–water partition coefficient (Wildman–Crippen LogP) is 6.11. The first-order valence-electron chi connectivity index (χ1n) is 19.2. The van der Waals surface area contributed by atoms with E-state index in [1.807, 2.05) is 25.1 Å². The molecule has 2 bridgehead atoms. The van der Waals surface area contributed by atoms with Crippen molar-refractivity contribution in [2.24, 2.45) is 17.8 Å². The SMILES string of the molecule is CN(C)CCN1CCOCC1.COC1/C=C/CC(C)C(C)S(=O)NC(=O)c2ccc3c(c2)N(CC2CCC21)C[C@@]1(CCCc2cc(Cl)ccc21)CO3. The number of benzene rings is 2. The number of methoxy groups -OCH3 is 1. The van der Waals surface area contributed by atoms with Gasteiger partial charge < -0.3 is 24.0 Å². The van der Waals surface area contributed by atoms with Gasteiger partial charge >= 0.3 is 0 Å². The normalized spacial score (nSPS) is 31.5. The number of halogens is 1. The molecule has 0 radical (unpaired) electrons. The molecule has 6 unspecified atom stereocenters. The molecule has 1 N–H and O–H groups in total. The van der Waals surface area contributed by atoms with Gasteiger partial charge in [-0.05, 0) is 119 Å². The summed E-state index contributed by atoms with van der Waals surface area (Å²) in [5.74, 6) is 1.53. The highest BCUT2D eigenvalue weighted by Crippen LogP contribution is 2.47. The molecular weight excluding hydrogens is 696 g/mol. The third kappa shape index (κ3) is 9.24. The number of rotatable bonds is 4. The minimum Gasteiger partial charge on any atom is -0.490 e. The number of ether oxygens (including phenoxy) is 3. The summed E-state index contributed by atoms with van der Waals surface area (Å²) in [6.07, 6.45) is 10.6. The van der Waals surface area contributed by atoms with Crippen LogP contribution in [0.25, 0.3) is 0 Å². The molecule has 52 heavy (non-hydrogen) atoms. The lowest BCUT2D eigenvalue weighted by Gasteiger charge is -2.46. The van der Waals surface area contributed by atoms with Gasteiger partial charge in [-0.1, -0.05) is 36.7 Å². The summed E-state index contributed by atoms with van der Waals surface area (Å²) < 4.78 is 33.8. The number of allylic oxidation sites excluding steroid dienone is 1. The lowest BCUT2D eigenvalue weighted by molar-refractivity contribution is 0.0131. The van der Waals surface area contributed by atoms with Crippen LogP contribution in [-0.2, 0) is 32.3 Å². The van der Waals surface area contributed by atoms with Crippen LogP contribution in [0.15, 0.2) is 48.6 Å². The topological polar surface area (TPSA) is 83.6 Å². The molecule has 2 fully saturated rings. The molecule has 286 valence electrons. The molecule has 1 amide bonds. The third-order valence-corrected chi connectivity index (χ3v) is 13.8. The van der Waals surface area contributed by atoms with Gasteiger partial charge in [-0.15, -0.1) is 0 Å². The number of aryl methyl sites for hydroxylation is 1. The molecular formula is C41H59ClN4O5S. The first-order valence-corrected chi connectivity index (χ1v) is 20.8. The first kappa shape index (κ1) is 39.2. The Hall–Kier alpha value is -2.47. The van der Waals surface area contributed by atoms with E-state index in [2.05, 4.69) is 64.7 Å². The number of nitrogens with zero attached hydrogens (tertiary/aromatic N) is 3. The lowest BCUT2D eigenvalue weighted by atomic mass is 9.68. The summed E-state index contributed by atoms with van der Waals surface area (Å²) in [6, 6.07) is 12.0. The maximum absolute atomic E-state index is 13.3. The number of nitrogens with one attached hydrogen (secondary N) is 1. The maximum Gasteiger partial charge on any atom is 0.263 e. The van der Waals surface area contributed by atoms with Gasteiger partial charge in [0.25, 0.3) is 5.91 Å². The second-order valence-corrected chi connectivity index (χ2v) is 17.8. The zero-order chi connectivity index (χ0) is 36.8. The van der Waals surface area contributed by atoms with Gasteiger partial charge in [0.2, 0.25) is 0 Å². The van der Waals surface area contributed by atoms with Crippen LogP contribution < -0.4 is 14.4 Å². The number of anilines is 1. The van der Waals surface area contributed by atoms with Gasteiger partial charge in [0, 0.05) is 62.4 Å². The highest BCUT2D eigenvalue weighted by atomic mass is 35.5. The summed E-state index contributed by atoms with van der Waals surface area (Å²) >= 11 is 6.41. The van der Waals surface area contributed by atoms with Gasteiger partial charge in [-0.3, -0.25) is 14.4 Å². The van der Waals surface area contributed by atoms with Crippen molar-refractivity contribution in [1.29, 1.82) is 0 Å². The van der Waals surface area contributed by atoms with Crippen molar-refractivity contribution in [2.75, 3.05) is 85.2 Å². The zero-order valence-electron chi connectivity index (χ0n) is 31.8. The first-order chi connectivity index (χ1) is 25.1. The van der Waals surface area contributed by atoms with Crippen LogP contribution in [0, 0.1) is 17.8 Å². The molecule has 9 nitrogen and oxygen atoms in total. The van der Waals surface area contributed by atoms with E-state index in [-0.39, 0.29) is 28.6 Å². The van der Waals surface area contributed by atoms with E-state index in [0.29, 0.717) is 24.0 Å². The standard InChI is InChI=1S/C33H41ClN2O4S.C8H18N2O/c1-21-6-4-8-30(39-3)27-12-9-25(27)18-36-19-33(15-5-7-23-16-26(34)11-13-28(23)33)20-40-31-14-10-24(17-29(31)36)32(37)35-41(38)22(21)2;1-9(2)3-4-10-5-7-11-8-6-10/h4,8,10-11,13-14,16-17,21-22,25,27,30H,5-7,9,12,15,18-20H2,1-3H3,(H,35,37);3-8H2,1-2H3/b8-4+;/t21?,22?,25?,27?,30?,33-,41?;/m0./s1. The van der Waals surface area contributed by atoms with Crippen LogP contribution in [0.5, 0.6) is 5.75 Å². The molecule has 2 aliphatic carbocycles. The molecule has 3 aliphatic heterocycles. The highest BCUT2D eigenvalue weighted by molar-refractivity contribution is 7.84. The highest BCUT2D eigenvalue weighted by Gasteiger charge is 2.44. The van der Waals surface area contributed by atoms with Gasteiger partial charge in [-0.2, -0.15) is 0 Å². The van der Waals surface area contributed by atoms with E-state index in [4.69, 9.17) is 25.8 Å². The van der Waals surface area contributed by atoms with Crippen molar-refractivity contribution in [2.45, 2.75) is 69.1 Å². The molecule has 7 atom stereocenters. The molecule has 7 rings (SSSR count). The van der Waals surface area contributed by atoms with E-state index < -0.39 is 11.0 Å². The summed E-state index contributed by atoms with van der Waals surface area (Å²) in [5.41, 5.74) is 3.90. The van der Waals surface area contributed by atoms with Crippen molar-refractivity contribution >= 4 is 34.2 Å². The van der Waals surface area contributed by atoms with Crippen molar-refractivity contribution in [3.63, 3.8) is 0 Å². The third-order valence-electron chi connectivity index (χ3n) is 12.1. The fraction of sp³-hybridized carbons (Fsp3) is 0.634. The smallest absolute Gasteiger partial charge is 0.263 e. The van der Waals surface area contributed by atoms with Gasteiger partial charge in [0.15, 0.2) is 0 Å². The average Bonchev–Trinajstić information content (AvgIpc) is 3.28.